The summed E-state index contributed by atoms with van der Waals surface area (Å²) in [5.41, 5.74) is 5.92. The first kappa shape index (κ1) is 15.7. The number of fused-ring (bicyclic) bond motifs is 3. The van der Waals surface area contributed by atoms with Crippen molar-refractivity contribution in [1.29, 1.82) is 0 Å². The van der Waals surface area contributed by atoms with Crippen LogP contribution in [0.1, 0.15) is 11.4 Å². The van der Waals surface area contributed by atoms with Gasteiger partial charge in [0, 0.05) is 22.0 Å². The quantitative estimate of drug-likeness (QED) is 0.408. The fourth-order valence-electron chi connectivity index (χ4n) is 3.51. The van der Waals surface area contributed by atoms with Gasteiger partial charge in [-0.15, -0.1) is 0 Å². The highest BCUT2D eigenvalue weighted by Gasteiger charge is 2.10. The Labute approximate surface area is 157 Å². The van der Waals surface area contributed by atoms with Crippen molar-refractivity contribution >= 4 is 21.8 Å². The second-order valence-electron chi connectivity index (χ2n) is 6.78. The first-order chi connectivity index (χ1) is 13.2. The van der Waals surface area contributed by atoms with Crippen LogP contribution >= 0.6 is 0 Å². The van der Waals surface area contributed by atoms with E-state index in [0.29, 0.717) is 0 Å². The molecule has 130 valence electrons. The van der Waals surface area contributed by atoms with Gasteiger partial charge >= 0.3 is 0 Å². The summed E-state index contributed by atoms with van der Waals surface area (Å²) in [5.74, 6) is 0.813. The minimum atomic E-state index is 0.813. The molecular weight excluding hydrogens is 332 g/mol. The van der Waals surface area contributed by atoms with E-state index in [9.17, 15) is 0 Å². The van der Waals surface area contributed by atoms with Crippen LogP contribution in [0.5, 0.6) is 0 Å². The minimum Gasteiger partial charge on any atom is -0.245 e. The molecule has 0 unspecified atom stereocenters. The zero-order valence-electron chi connectivity index (χ0n) is 15.2. The Bertz CT molecular complexity index is 1290. The Morgan fingerprint density at radius 3 is 2.07 bits per heavy atom. The lowest BCUT2D eigenvalue weighted by atomic mass is 10.1. The van der Waals surface area contributed by atoms with Crippen LogP contribution in [0.3, 0.4) is 0 Å². The summed E-state index contributed by atoms with van der Waals surface area (Å²) in [6.45, 7) is 4.04. The van der Waals surface area contributed by atoms with E-state index in [0.717, 1.165) is 50.3 Å². The molecule has 0 radical (unpaired) electrons. The monoisotopic (exact) mass is 350 g/mol. The molecule has 27 heavy (non-hydrogen) atoms. The van der Waals surface area contributed by atoms with Crippen LogP contribution in [0, 0.1) is 13.8 Å². The van der Waals surface area contributed by atoms with Crippen molar-refractivity contribution in [3.8, 4) is 17.1 Å². The van der Waals surface area contributed by atoms with Crippen LogP contribution < -0.4 is 0 Å². The summed E-state index contributed by atoms with van der Waals surface area (Å²) in [6.07, 6.45) is 0. The van der Waals surface area contributed by atoms with Crippen molar-refractivity contribution in [3.63, 3.8) is 0 Å². The lowest BCUT2D eigenvalue weighted by Gasteiger charge is -2.08. The molecule has 0 saturated carbocycles. The third kappa shape index (κ3) is 2.66. The maximum Gasteiger partial charge on any atom is 0.154 e. The first-order valence-corrected chi connectivity index (χ1v) is 8.99. The molecule has 0 amide bonds. The van der Waals surface area contributed by atoms with Gasteiger partial charge in [0.1, 0.15) is 0 Å². The van der Waals surface area contributed by atoms with E-state index >= 15 is 0 Å². The van der Waals surface area contributed by atoms with Crippen LogP contribution in [0.2, 0.25) is 0 Å². The predicted octanol–water partition coefficient (Wildman–Crippen LogP) is 5.25. The summed E-state index contributed by atoms with van der Waals surface area (Å²) in [4.78, 5) is 9.86. The number of hydrogen-bond acceptors (Lipinski definition) is 3. The minimum absolute atomic E-state index is 0.813. The average Bonchev–Trinajstić information content (AvgIpc) is 3.05. The molecule has 5 rings (SSSR count). The van der Waals surface area contributed by atoms with Gasteiger partial charge in [0.05, 0.1) is 22.4 Å². The molecule has 3 aromatic heterocycles. The molecule has 3 heterocycles. The fraction of sp³-hybridized carbons (Fsp3) is 0.0870. The molecule has 5 aromatic rings. The number of nitrogens with zero attached hydrogens (tertiary/aromatic N) is 4. The molecule has 4 nitrogen and oxygen atoms in total. The molecule has 0 N–H and O–H groups in total. The molecule has 0 aliphatic rings. The number of pyridine rings is 2. The van der Waals surface area contributed by atoms with Crippen molar-refractivity contribution in [2.24, 2.45) is 0 Å². The van der Waals surface area contributed by atoms with Gasteiger partial charge in [0.15, 0.2) is 5.82 Å². The molecule has 0 fully saturated rings. The number of aryl methyl sites for hydroxylation is 2. The number of hydrogen-bond donors (Lipinski definition) is 0. The summed E-state index contributed by atoms with van der Waals surface area (Å²) in [7, 11) is 0. The number of rotatable bonds is 2. The zero-order chi connectivity index (χ0) is 18.4. The maximum atomic E-state index is 4.94. The second-order valence-corrected chi connectivity index (χ2v) is 6.78. The van der Waals surface area contributed by atoms with Crippen molar-refractivity contribution < 1.29 is 0 Å². The van der Waals surface area contributed by atoms with Crippen LogP contribution in [0.4, 0.5) is 0 Å². The highest BCUT2D eigenvalue weighted by atomic mass is 15.3. The van der Waals surface area contributed by atoms with Gasteiger partial charge in [0.25, 0.3) is 0 Å². The van der Waals surface area contributed by atoms with E-state index in [-0.39, 0.29) is 0 Å². The third-order valence-electron chi connectivity index (χ3n) is 4.80. The molecule has 2 aromatic carbocycles. The highest BCUT2D eigenvalue weighted by Crippen LogP contribution is 2.27. The Morgan fingerprint density at radius 1 is 0.704 bits per heavy atom. The van der Waals surface area contributed by atoms with E-state index in [1.54, 1.807) is 0 Å². The SMILES string of the molecule is Cc1cc(C)n(-c2ccc3ccc4ccc(-c5ccccc5)nc4c3n2)n1. The Hall–Kier alpha value is -3.53. The largest absolute Gasteiger partial charge is 0.245 e. The summed E-state index contributed by atoms with van der Waals surface area (Å²) in [5, 5.41) is 6.72. The Morgan fingerprint density at radius 2 is 1.37 bits per heavy atom. The van der Waals surface area contributed by atoms with Crippen molar-refractivity contribution in [2.75, 3.05) is 0 Å². The van der Waals surface area contributed by atoms with Gasteiger partial charge in [-0.1, -0.05) is 48.5 Å². The first-order valence-electron chi connectivity index (χ1n) is 8.99. The third-order valence-corrected chi connectivity index (χ3v) is 4.80. The van der Waals surface area contributed by atoms with E-state index in [2.05, 4.69) is 53.6 Å². The van der Waals surface area contributed by atoms with Gasteiger partial charge in [-0.3, -0.25) is 0 Å². The molecule has 0 aliphatic carbocycles. The van der Waals surface area contributed by atoms with Crippen molar-refractivity contribution in [1.82, 2.24) is 19.7 Å². The second kappa shape index (κ2) is 6.02. The fourth-order valence-corrected chi connectivity index (χ4v) is 3.51. The number of benzene rings is 2. The lowest BCUT2D eigenvalue weighted by molar-refractivity contribution is 0.811. The summed E-state index contributed by atoms with van der Waals surface area (Å²) < 4.78 is 1.88. The van der Waals surface area contributed by atoms with Gasteiger partial charge in [-0.25, -0.2) is 14.6 Å². The predicted molar refractivity (Wildman–Crippen MR) is 109 cm³/mol. The molecule has 0 atom stereocenters. The van der Waals surface area contributed by atoms with Crippen molar-refractivity contribution in [2.45, 2.75) is 13.8 Å². The topological polar surface area (TPSA) is 43.6 Å². The van der Waals surface area contributed by atoms with E-state index in [1.165, 1.54) is 0 Å². The highest BCUT2D eigenvalue weighted by molar-refractivity contribution is 6.03. The smallest absolute Gasteiger partial charge is 0.154 e. The molecular formula is C23H18N4. The molecule has 0 saturated heterocycles. The average molecular weight is 350 g/mol. The van der Waals surface area contributed by atoms with Crippen LogP contribution in [-0.2, 0) is 0 Å². The molecule has 0 bridgehead atoms. The van der Waals surface area contributed by atoms with Gasteiger partial charge in [-0.05, 0) is 38.1 Å². The summed E-state index contributed by atoms with van der Waals surface area (Å²) >= 11 is 0. The van der Waals surface area contributed by atoms with E-state index in [1.807, 2.05) is 42.8 Å². The Balaban J connectivity index is 1.77. The van der Waals surface area contributed by atoms with Crippen LogP contribution in [-0.4, -0.2) is 19.7 Å². The molecule has 4 heteroatoms. The van der Waals surface area contributed by atoms with Crippen molar-refractivity contribution in [3.05, 3.63) is 84.2 Å². The number of aromatic nitrogens is 4. The molecule has 0 spiro atoms. The van der Waals surface area contributed by atoms with Gasteiger partial charge in [0.2, 0.25) is 0 Å². The Kier molecular flexibility index (Phi) is 3.50. The normalized spacial score (nSPS) is 11.3. The van der Waals surface area contributed by atoms with Gasteiger partial charge < -0.3 is 0 Å². The zero-order valence-corrected chi connectivity index (χ0v) is 15.2. The van der Waals surface area contributed by atoms with E-state index in [4.69, 9.17) is 9.97 Å². The van der Waals surface area contributed by atoms with Crippen LogP contribution in [0.15, 0.2) is 72.8 Å². The lowest BCUT2D eigenvalue weighted by Crippen LogP contribution is -2.02. The van der Waals surface area contributed by atoms with Gasteiger partial charge in [-0.2, -0.15) is 5.10 Å². The maximum absolute atomic E-state index is 4.94. The summed E-state index contributed by atoms with van der Waals surface area (Å²) in [6, 6.07) is 24.8. The standard InChI is InChI=1S/C23H18N4/c1-15-14-16(2)27(26-15)21-13-11-19-9-8-18-10-12-20(17-6-4-3-5-7-17)24-22(18)23(19)25-21/h3-14H,1-2H3. The van der Waals surface area contributed by atoms with E-state index < -0.39 is 0 Å². The van der Waals surface area contributed by atoms with Crippen LogP contribution in [0.25, 0.3) is 38.9 Å². The molecule has 0 aliphatic heterocycles.